The molecule has 0 fully saturated rings. The zero-order valence-electron chi connectivity index (χ0n) is 9.86. The van der Waals surface area contributed by atoms with Gasteiger partial charge in [-0.15, -0.1) is 0 Å². The molecule has 0 unspecified atom stereocenters. The molecule has 0 bridgehead atoms. The van der Waals surface area contributed by atoms with Crippen molar-refractivity contribution in [2.24, 2.45) is 7.05 Å². The minimum atomic E-state index is -0.397. The molecular formula is C12H9BrFIN2O2. The van der Waals surface area contributed by atoms with E-state index in [4.69, 9.17) is 0 Å². The Morgan fingerprint density at radius 3 is 2.68 bits per heavy atom. The van der Waals surface area contributed by atoms with Crippen LogP contribution in [0.2, 0.25) is 0 Å². The summed E-state index contributed by atoms with van der Waals surface area (Å²) in [6.07, 6.45) is 1.49. The summed E-state index contributed by atoms with van der Waals surface area (Å²) in [6.45, 7) is 0.112. The highest BCUT2D eigenvalue weighted by atomic mass is 127. The summed E-state index contributed by atoms with van der Waals surface area (Å²) in [5.74, 6) is -0.383. The number of rotatable bonds is 2. The Bertz CT molecular complexity index is 720. The summed E-state index contributed by atoms with van der Waals surface area (Å²) in [7, 11) is 1.58. The predicted molar refractivity (Wildman–Crippen MR) is 81.9 cm³/mol. The van der Waals surface area contributed by atoms with Crippen LogP contribution in [0.4, 0.5) is 4.39 Å². The maximum Gasteiger partial charge on any atom is 0.331 e. The minimum absolute atomic E-state index is 0.112. The lowest BCUT2D eigenvalue weighted by Crippen LogP contribution is -2.40. The molecule has 1 aromatic heterocycles. The van der Waals surface area contributed by atoms with Crippen LogP contribution in [-0.4, -0.2) is 9.13 Å². The predicted octanol–water partition coefficient (Wildman–Crippen LogP) is 2.10. The number of hydrogen-bond donors (Lipinski definition) is 0. The number of halogens is 3. The third-order valence-electron chi connectivity index (χ3n) is 2.61. The van der Waals surface area contributed by atoms with Gasteiger partial charge in [-0.05, 0) is 56.2 Å². The number of nitrogens with zero attached hydrogens (tertiary/aromatic N) is 2. The topological polar surface area (TPSA) is 44.0 Å². The van der Waals surface area contributed by atoms with Crippen molar-refractivity contribution in [3.05, 3.63) is 64.7 Å². The summed E-state index contributed by atoms with van der Waals surface area (Å²) < 4.78 is 16.4. The summed E-state index contributed by atoms with van der Waals surface area (Å²) in [6, 6.07) is 4.40. The SMILES string of the molecule is Cn1cc(I)c(=O)n(Cc2ccc(F)c(Br)c2)c1=O. The van der Waals surface area contributed by atoms with Gasteiger partial charge in [-0.1, -0.05) is 6.07 Å². The van der Waals surface area contributed by atoms with E-state index in [1.165, 1.54) is 16.8 Å². The van der Waals surface area contributed by atoms with Crippen LogP contribution in [0, 0.1) is 9.39 Å². The zero-order valence-corrected chi connectivity index (χ0v) is 13.6. The average Bonchev–Trinajstić information content (AvgIpc) is 2.36. The van der Waals surface area contributed by atoms with Gasteiger partial charge in [0, 0.05) is 13.2 Å². The van der Waals surface area contributed by atoms with E-state index in [2.05, 4.69) is 15.9 Å². The maximum absolute atomic E-state index is 13.1. The lowest BCUT2D eigenvalue weighted by Gasteiger charge is -2.08. The van der Waals surface area contributed by atoms with E-state index >= 15 is 0 Å². The first-order chi connectivity index (χ1) is 8.90. The summed E-state index contributed by atoms with van der Waals surface area (Å²) >= 11 is 4.96. The number of aryl methyl sites for hydroxylation is 1. The monoisotopic (exact) mass is 438 g/mol. The molecule has 0 spiro atoms. The first kappa shape index (κ1) is 14.4. The van der Waals surface area contributed by atoms with Crippen LogP contribution in [0.25, 0.3) is 0 Å². The number of aromatic nitrogens is 2. The van der Waals surface area contributed by atoms with Crippen molar-refractivity contribution in [2.75, 3.05) is 0 Å². The van der Waals surface area contributed by atoms with Gasteiger partial charge in [0.15, 0.2) is 0 Å². The minimum Gasteiger partial charge on any atom is -0.302 e. The van der Waals surface area contributed by atoms with E-state index in [9.17, 15) is 14.0 Å². The van der Waals surface area contributed by atoms with Gasteiger partial charge in [-0.2, -0.15) is 0 Å². The molecule has 0 saturated heterocycles. The largest absolute Gasteiger partial charge is 0.331 e. The Morgan fingerprint density at radius 2 is 2.05 bits per heavy atom. The quantitative estimate of drug-likeness (QED) is 0.674. The second-order valence-corrected chi connectivity index (χ2v) is 6.03. The van der Waals surface area contributed by atoms with E-state index in [0.717, 1.165) is 4.57 Å². The highest BCUT2D eigenvalue weighted by Crippen LogP contribution is 2.17. The van der Waals surface area contributed by atoms with Crippen molar-refractivity contribution < 1.29 is 4.39 Å². The molecule has 4 nitrogen and oxygen atoms in total. The smallest absolute Gasteiger partial charge is 0.302 e. The molecule has 7 heteroatoms. The van der Waals surface area contributed by atoms with E-state index < -0.39 is 5.69 Å². The molecule has 1 aromatic carbocycles. The summed E-state index contributed by atoms with van der Waals surface area (Å²) in [5.41, 5.74) is -0.0653. The Balaban J connectivity index is 2.52. The lowest BCUT2D eigenvalue weighted by molar-refractivity contribution is 0.613. The molecule has 2 aromatic rings. The maximum atomic E-state index is 13.1. The van der Waals surface area contributed by atoms with Gasteiger partial charge < -0.3 is 4.57 Å². The normalized spacial score (nSPS) is 10.7. The van der Waals surface area contributed by atoms with Crippen LogP contribution in [0.5, 0.6) is 0 Å². The van der Waals surface area contributed by atoms with Crippen LogP contribution >= 0.6 is 38.5 Å². The first-order valence-electron chi connectivity index (χ1n) is 5.30. The Labute approximate surface area is 130 Å². The molecule has 2 rings (SSSR count). The molecule has 0 aliphatic heterocycles. The van der Waals surface area contributed by atoms with E-state index in [-0.39, 0.29) is 17.9 Å². The second kappa shape index (κ2) is 5.58. The van der Waals surface area contributed by atoms with Gasteiger partial charge in [0.25, 0.3) is 5.56 Å². The van der Waals surface area contributed by atoms with Crippen molar-refractivity contribution in [3.8, 4) is 0 Å². The highest BCUT2D eigenvalue weighted by Gasteiger charge is 2.09. The van der Waals surface area contributed by atoms with Gasteiger partial charge in [-0.3, -0.25) is 9.36 Å². The molecule has 0 radical (unpaired) electrons. The first-order valence-corrected chi connectivity index (χ1v) is 7.17. The van der Waals surface area contributed by atoms with Crippen LogP contribution < -0.4 is 11.2 Å². The highest BCUT2D eigenvalue weighted by molar-refractivity contribution is 14.1. The van der Waals surface area contributed by atoms with E-state index in [1.54, 1.807) is 19.2 Å². The van der Waals surface area contributed by atoms with Gasteiger partial charge in [-0.25, -0.2) is 9.18 Å². The molecule has 0 amide bonds. The number of benzene rings is 1. The molecule has 0 atom stereocenters. The molecule has 100 valence electrons. The fourth-order valence-corrected chi connectivity index (χ4v) is 2.78. The van der Waals surface area contributed by atoms with Gasteiger partial charge in [0.1, 0.15) is 5.82 Å². The van der Waals surface area contributed by atoms with Gasteiger partial charge >= 0.3 is 5.69 Å². The molecule has 0 N–H and O–H groups in total. The van der Waals surface area contributed by atoms with Crippen molar-refractivity contribution in [1.29, 1.82) is 0 Å². The Kier molecular flexibility index (Phi) is 4.24. The molecule has 1 heterocycles. The van der Waals surface area contributed by atoms with Crippen molar-refractivity contribution in [1.82, 2.24) is 9.13 Å². The van der Waals surface area contributed by atoms with Crippen molar-refractivity contribution in [2.45, 2.75) is 6.54 Å². The Morgan fingerprint density at radius 1 is 1.37 bits per heavy atom. The fraction of sp³-hybridized carbons (Fsp3) is 0.167. The standard InChI is InChI=1S/C12H9BrFIN2O2/c1-16-6-10(15)11(18)17(12(16)19)5-7-2-3-9(14)8(13)4-7/h2-4,6H,5H2,1H3. The number of hydrogen-bond acceptors (Lipinski definition) is 2. The van der Waals surface area contributed by atoms with E-state index in [0.29, 0.717) is 13.6 Å². The molecule has 19 heavy (non-hydrogen) atoms. The van der Waals surface area contributed by atoms with Crippen LogP contribution in [0.3, 0.4) is 0 Å². The molecular weight excluding hydrogens is 430 g/mol. The summed E-state index contributed by atoms with van der Waals surface area (Å²) in [5, 5.41) is 0. The second-order valence-electron chi connectivity index (χ2n) is 4.01. The van der Waals surface area contributed by atoms with Crippen LogP contribution in [0.1, 0.15) is 5.56 Å². The lowest BCUT2D eigenvalue weighted by atomic mass is 10.2. The zero-order chi connectivity index (χ0) is 14.2. The van der Waals surface area contributed by atoms with Crippen molar-refractivity contribution >= 4 is 38.5 Å². The molecule has 0 saturated carbocycles. The van der Waals surface area contributed by atoms with Gasteiger partial charge in [0.2, 0.25) is 0 Å². The third kappa shape index (κ3) is 2.97. The van der Waals surface area contributed by atoms with Gasteiger partial charge in [0.05, 0.1) is 14.6 Å². The fourth-order valence-electron chi connectivity index (χ4n) is 1.65. The Hall–Kier alpha value is -0.960. The van der Waals surface area contributed by atoms with Crippen molar-refractivity contribution in [3.63, 3.8) is 0 Å². The van der Waals surface area contributed by atoms with Crippen LogP contribution in [0.15, 0.2) is 38.5 Å². The summed E-state index contributed by atoms with van der Waals surface area (Å²) in [4.78, 5) is 23.9. The molecule has 0 aliphatic carbocycles. The third-order valence-corrected chi connectivity index (χ3v) is 3.96. The van der Waals surface area contributed by atoms with Crippen LogP contribution in [-0.2, 0) is 13.6 Å². The molecule has 0 aliphatic rings. The average molecular weight is 439 g/mol. The van der Waals surface area contributed by atoms with E-state index in [1.807, 2.05) is 22.6 Å².